The van der Waals surface area contributed by atoms with Crippen molar-refractivity contribution in [2.75, 3.05) is 0 Å². The molecule has 0 atom stereocenters. The molecule has 0 aromatic carbocycles. The van der Waals surface area contributed by atoms with Crippen molar-refractivity contribution in [2.45, 2.75) is 39.3 Å². The Morgan fingerprint density at radius 1 is 1.38 bits per heavy atom. The Kier molecular flexibility index (Phi) is 4.80. The lowest BCUT2D eigenvalue weighted by atomic mass is 10.2. The maximum atomic E-state index is 5.45. The van der Waals surface area contributed by atoms with E-state index in [0.29, 0.717) is 6.04 Å². The van der Waals surface area contributed by atoms with Gasteiger partial charge in [-0.25, -0.2) is 0 Å². The second-order valence-electron chi connectivity index (χ2n) is 3.10. The van der Waals surface area contributed by atoms with Gasteiger partial charge in [0.25, 0.3) is 0 Å². The summed E-state index contributed by atoms with van der Waals surface area (Å²) in [5.41, 5.74) is 0. The Balaban J connectivity index is 2.33. The zero-order valence-electron chi connectivity index (χ0n) is 8.14. The Bertz CT molecular complexity index is 243. The van der Waals surface area contributed by atoms with Crippen LogP contribution in [0.5, 0.6) is 0 Å². The highest BCUT2D eigenvalue weighted by molar-refractivity contribution is 14.1. The van der Waals surface area contributed by atoms with Gasteiger partial charge in [0.1, 0.15) is 5.76 Å². The van der Waals surface area contributed by atoms with Crippen LogP contribution in [0, 0.1) is 3.77 Å². The van der Waals surface area contributed by atoms with Gasteiger partial charge in [-0.2, -0.15) is 0 Å². The molecule has 13 heavy (non-hydrogen) atoms. The SMILES string of the molecule is CCC(CC)NCc1ccc(I)o1. The van der Waals surface area contributed by atoms with E-state index in [1.54, 1.807) is 0 Å². The first-order valence-electron chi connectivity index (χ1n) is 4.73. The highest BCUT2D eigenvalue weighted by Gasteiger charge is 2.04. The van der Waals surface area contributed by atoms with E-state index in [-0.39, 0.29) is 0 Å². The molecule has 0 aliphatic carbocycles. The normalized spacial score (nSPS) is 11.1. The number of nitrogens with one attached hydrogen (secondary N) is 1. The highest BCUT2D eigenvalue weighted by Crippen LogP contribution is 2.10. The number of hydrogen-bond donors (Lipinski definition) is 1. The van der Waals surface area contributed by atoms with Crippen LogP contribution in [0.1, 0.15) is 32.4 Å². The van der Waals surface area contributed by atoms with Crippen LogP contribution in [0.15, 0.2) is 16.5 Å². The van der Waals surface area contributed by atoms with Crippen molar-refractivity contribution in [1.82, 2.24) is 5.32 Å². The maximum Gasteiger partial charge on any atom is 0.164 e. The van der Waals surface area contributed by atoms with E-state index < -0.39 is 0 Å². The van der Waals surface area contributed by atoms with Crippen molar-refractivity contribution in [3.63, 3.8) is 0 Å². The fourth-order valence-corrected chi connectivity index (χ4v) is 1.73. The standard InChI is InChI=1S/C10H16INO/c1-3-8(4-2)12-7-9-5-6-10(11)13-9/h5-6,8,12H,3-4,7H2,1-2H3. The van der Waals surface area contributed by atoms with E-state index >= 15 is 0 Å². The van der Waals surface area contributed by atoms with Crippen LogP contribution in [0.3, 0.4) is 0 Å². The van der Waals surface area contributed by atoms with Gasteiger partial charge >= 0.3 is 0 Å². The van der Waals surface area contributed by atoms with E-state index in [1.165, 1.54) is 12.8 Å². The van der Waals surface area contributed by atoms with Gasteiger partial charge in [-0.3, -0.25) is 0 Å². The van der Waals surface area contributed by atoms with E-state index in [0.717, 1.165) is 16.1 Å². The summed E-state index contributed by atoms with van der Waals surface area (Å²) in [5, 5.41) is 3.45. The predicted octanol–water partition coefficient (Wildman–Crippen LogP) is 3.16. The minimum Gasteiger partial charge on any atom is -0.454 e. The molecule has 2 nitrogen and oxygen atoms in total. The van der Waals surface area contributed by atoms with Crippen LogP contribution in [-0.4, -0.2) is 6.04 Å². The second kappa shape index (κ2) is 5.65. The zero-order valence-corrected chi connectivity index (χ0v) is 10.3. The molecule has 1 N–H and O–H groups in total. The molecule has 0 fully saturated rings. The highest BCUT2D eigenvalue weighted by atomic mass is 127. The number of rotatable bonds is 5. The van der Waals surface area contributed by atoms with E-state index in [2.05, 4.69) is 41.8 Å². The van der Waals surface area contributed by atoms with Crippen LogP contribution in [-0.2, 0) is 6.54 Å². The van der Waals surface area contributed by atoms with E-state index in [4.69, 9.17) is 4.42 Å². The lowest BCUT2D eigenvalue weighted by Crippen LogP contribution is -2.26. The summed E-state index contributed by atoms with van der Waals surface area (Å²) >= 11 is 2.18. The number of furan rings is 1. The van der Waals surface area contributed by atoms with Crippen molar-refractivity contribution < 1.29 is 4.42 Å². The summed E-state index contributed by atoms with van der Waals surface area (Å²) in [5.74, 6) is 1.02. The molecule has 0 amide bonds. The predicted molar refractivity (Wildman–Crippen MR) is 62.6 cm³/mol. The first kappa shape index (κ1) is 11.0. The van der Waals surface area contributed by atoms with Gasteiger partial charge in [0.05, 0.1) is 6.54 Å². The van der Waals surface area contributed by atoms with Crippen molar-refractivity contribution in [3.05, 3.63) is 21.7 Å². The van der Waals surface area contributed by atoms with Gasteiger partial charge in [-0.05, 0) is 47.6 Å². The van der Waals surface area contributed by atoms with Crippen molar-refractivity contribution in [1.29, 1.82) is 0 Å². The third kappa shape index (κ3) is 3.68. The Hall–Kier alpha value is -0.0300. The minimum absolute atomic E-state index is 0.614. The smallest absolute Gasteiger partial charge is 0.164 e. The molecular weight excluding hydrogens is 277 g/mol. The van der Waals surface area contributed by atoms with Gasteiger partial charge in [0, 0.05) is 6.04 Å². The molecule has 1 rings (SSSR count). The molecular formula is C10H16INO. The molecule has 0 spiro atoms. The molecule has 1 aromatic rings. The average Bonchev–Trinajstić information content (AvgIpc) is 2.53. The topological polar surface area (TPSA) is 25.2 Å². The zero-order chi connectivity index (χ0) is 9.68. The fourth-order valence-electron chi connectivity index (χ4n) is 1.27. The van der Waals surface area contributed by atoms with Crippen LogP contribution in [0.2, 0.25) is 0 Å². The second-order valence-corrected chi connectivity index (χ2v) is 4.16. The lowest BCUT2D eigenvalue weighted by molar-refractivity contribution is 0.420. The quantitative estimate of drug-likeness (QED) is 0.844. The lowest BCUT2D eigenvalue weighted by Gasteiger charge is -2.12. The van der Waals surface area contributed by atoms with E-state index in [9.17, 15) is 0 Å². The van der Waals surface area contributed by atoms with Crippen molar-refractivity contribution in [2.24, 2.45) is 0 Å². The van der Waals surface area contributed by atoms with Gasteiger partial charge < -0.3 is 9.73 Å². The van der Waals surface area contributed by atoms with Crippen LogP contribution in [0.4, 0.5) is 0 Å². The maximum absolute atomic E-state index is 5.45. The summed E-state index contributed by atoms with van der Waals surface area (Å²) in [6.07, 6.45) is 2.35. The van der Waals surface area contributed by atoms with E-state index in [1.807, 2.05) is 12.1 Å². The van der Waals surface area contributed by atoms with Crippen molar-refractivity contribution in [3.8, 4) is 0 Å². The number of hydrogen-bond acceptors (Lipinski definition) is 2. The molecule has 3 heteroatoms. The Morgan fingerprint density at radius 3 is 2.54 bits per heavy atom. The summed E-state index contributed by atoms with van der Waals surface area (Å²) < 4.78 is 6.40. The first-order valence-corrected chi connectivity index (χ1v) is 5.81. The molecule has 0 saturated heterocycles. The molecule has 0 aliphatic rings. The summed E-state index contributed by atoms with van der Waals surface area (Å²) in [7, 11) is 0. The van der Waals surface area contributed by atoms with Gasteiger partial charge in [0.2, 0.25) is 0 Å². The van der Waals surface area contributed by atoms with Gasteiger partial charge in [-0.15, -0.1) is 0 Å². The molecule has 0 radical (unpaired) electrons. The third-order valence-electron chi connectivity index (χ3n) is 2.18. The summed E-state index contributed by atoms with van der Waals surface area (Å²) in [4.78, 5) is 0. The van der Waals surface area contributed by atoms with Crippen molar-refractivity contribution >= 4 is 22.6 Å². The summed E-state index contributed by atoms with van der Waals surface area (Å²) in [6, 6.07) is 4.63. The fraction of sp³-hybridized carbons (Fsp3) is 0.600. The monoisotopic (exact) mass is 293 g/mol. The molecule has 0 aliphatic heterocycles. The Labute approximate surface area is 93.2 Å². The minimum atomic E-state index is 0.614. The molecule has 0 saturated carbocycles. The molecule has 0 unspecified atom stereocenters. The molecule has 1 aromatic heterocycles. The molecule has 0 bridgehead atoms. The number of halogens is 1. The Morgan fingerprint density at radius 2 is 2.08 bits per heavy atom. The summed E-state index contributed by atoms with van der Waals surface area (Å²) in [6.45, 7) is 5.25. The van der Waals surface area contributed by atoms with Gasteiger partial charge in [-0.1, -0.05) is 13.8 Å². The third-order valence-corrected chi connectivity index (χ3v) is 2.76. The average molecular weight is 293 g/mol. The largest absolute Gasteiger partial charge is 0.454 e. The van der Waals surface area contributed by atoms with Crippen LogP contribution < -0.4 is 5.32 Å². The van der Waals surface area contributed by atoms with Crippen LogP contribution >= 0.6 is 22.6 Å². The first-order chi connectivity index (χ1) is 6.26. The molecule has 74 valence electrons. The molecule has 1 heterocycles. The van der Waals surface area contributed by atoms with Gasteiger partial charge in [0.15, 0.2) is 3.77 Å². The van der Waals surface area contributed by atoms with Crippen LogP contribution in [0.25, 0.3) is 0 Å².